The molecule has 1 aromatic heterocycles. The summed E-state index contributed by atoms with van der Waals surface area (Å²) in [5, 5.41) is 11.9. The van der Waals surface area contributed by atoms with Crippen LogP contribution in [0.25, 0.3) is 0 Å². The van der Waals surface area contributed by atoms with Crippen molar-refractivity contribution in [2.75, 3.05) is 6.61 Å². The zero-order valence-corrected chi connectivity index (χ0v) is 9.87. The maximum atomic E-state index is 11.9. The van der Waals surface area contributed by atoms with Crippen molar-refractivity contribution in [1.29, 1.82) is 0 Å². The fourth-order valence-electron chi connectivity index (χ4n) is 1.77. The minimum absolute atomic E-state index is 0.0191. The molecule has 1 heterocycles. The fraction of sp³-hybridized carbons (Fsp3) is 0.214. The van der Waals surface area contributed by atoms with Crippen LogP contribution in [0, 0.1) is 0 Å². The number of hydrogen-bond donors (Lipinski definition) is 2. The highest BCUT2D eigenvalue weighted by molar-refractivity contribution is 5.94. The van der Waals surface area contributed by atoms with Gasteiger partial charge in [0, 0.05) is 6.61 Å². The van der Waals surface area contributed by atoms with Crippen molar-refractivity contribution in [3.05, 3.63) is 60.1 Å². The van der Waals surface area contributed by atoms with Gasteiger partial charge in [-0.2, -0.15) is 0 Å². The molecule has 1 aromatic carbocycles. The molecular formula is C14H15NO3. The van der Waals surface area contributed by atoms with Gasteiger partial charge in [0.25, 0.3) is 5.91 Å². The van der Waals surface area contributed by atoms with Gasteiger partial charge in [0.2, 0.25) is 0 Å². The van der Waals surface area contributed by atoms with Gasteiger partial charge in [0.05, 0.1) is 17.9 Å². The lowest BCUT2D eigenvalue weighted by molar-refractivity contribution is 0.0929. The average Bonchev–Trinajstić information content (AvgIpc) is 2.93. The molecule has 18 heavy (non-hydrogen) atoms. The summed E-state index contributed by atoms with van der Waals surface area (Å²) in [7, 11) is 0. The van der Waals surface area contributed by atoms with Crippen molar-refractivity contribution in [3.63, 3.8) is 0 Å². The Morgan fingerprint density at radius 2 is 2.06 bits per heavy atom. The second-order valence-electron chi connectivity index (χ2n) is 3.96. The number of furan rings is 1. The molecule has 0 radical (unpaired) electrons. The Morgan fingerprint density at radius 3 is 2.67 bits per heavy atom. The SMILES string of the molecule is O=C(NC(CCO)c1ccccc1)c1ccoc1. The molecule has 2 N–H and O–H groups in total. The molecule has 2 rings (SSSR count). The first-order chi connectivity index (χ1) is 8.81. The van der Waals surface area contributed by atoms with E-state index in [2.05, 4.69) is 5.32 Å². The molecule has 0 aliphatic heterocycles. The second-order valence-corrected chi connectivity index (χ2v) is 3.96. The first kappa shape index (κ1) is 12.4. The van der Waals surface area contributed by atoms with E-state index in [1.807, 2.05) is 30.3 Å². The van der Waals surface area contributed by atoms with Crippen LogP contribution in [0.2, 0.25) is 0 Å². The van der Waals surface area contributed by atoms with E-state index in [0.29, 0.717) is 12.0 Å². The van der Waals surface area contributed by atoms with Crippen LogP contribution in [0.1, 0.15) is 28.4 Å². The normalized spacial score (nSPS) is 12.1. The van der Waals surface area contributed by atoms with Crippen molar-refractivity contribution in [2.24, 2.45) is 0 Å². The summed E-state index contributed by atoms with van der Waals surface area (Å²) in [5.41, 5.74) is 1.46. The standard InChI is InChI=1S/C14H15NO3/c16-8-6-13(11-4-2-1-3-5-11)15-14(17)12-7-9-18-10-12/h1-5,7,9-10,13,16H,6,8H2,(H,15,17). The van der Waals surface area contributed by atoms with Gasteiger partial charge in [-0.3, -0.25) is 4.79 Å². The van der Waals surface area contributed by atoms with Crippen LogP contribution in [0.3, 0.4) is 0 Å². The molecule has 4 nitrogen and oxygen atoms in total. The van der Waals surface area contributed by atoms with E-state index in [9.17, 15) is 4.79 Å². The van der Waals surface area contributed by atoms with E-state index in [1.165, 1.54) is 12.5 Å². The van der Waals surface area contributed by atoms with Gasteiger partial charge in [-0.05, 0) is 18.1 Å². The molecule has 0 bridgehead atoms. The lowest BCUT2D eigenvalue weighted by Crippen LogP contribution is -2.28. The average molecular weight is 245 g/mol. The van der Waals surface area contributed by atoms with Gasteiger partial charge in [-0.25, -0.2) is 0 Å². The van der Waals surface area contributed by atoms with Gasteiger partial charge in [-0.1, -0.05) is 30.3 Å². The largest absolute Gasteiger partial charge is 0.472 e. The van der Waals surface area contributed by atoms with E-state index >= 15 is 0 Å². The van der Waals surface area contributed by atoms with Crippen molar-refractivity contribution >= 4 is 5.91 Å². The minimum atomic E-state index is -0.203. The third-order valence-electron chi connectivity index (χ3n) is 2.71. The minimum Gasteiger partial charge on any atom is -0.472 e. The summed E-state index contributed by atoms with van der Waals surface area (Å²) < 4.78 is 4.87. The molecule has 0 spiro atoms. The summed E-state index contributed by atoms with van der Waals surface area (Å²) >= 11 is 0. The molecule has 4 heteroatoms. The summed E-state index contributed by atoms with van der Waals surface area (Å²) in [6, 6.07) is 11.0. The molecule has 1 unspecified atom stereocenters. The van der Waals surface area contributed by atoms with Crippen LogP contribution in [-0.4, -0.2) is 17.6 Å². The van der Waals surface area contributed by atoms with E-state index in [4.69, 9.17) is 9.52 Å². The lowest BCUT2D eigenvalue weighted by atomic mass is 10.0. The number of rotatable bonds is 5. The quantitative estimate of drug-likeness (QED) is 0.848. The zero-order chi connectivity index (χ0) is 12.8. The molecule has 0 aliphatic carbocycles. The van der Waals surface area contributed by atoms with Crippen LogP contribution < -0.4 is 5.32 Å². The fourth-order valence-corrected chi connectivity index (χ4v) is 1.77. The maximum Gasteiger partial charge on any atom is 0.255 e. The van der Waals surface area contributed by atoms with Crippen molar-refractivity contribution in [1.82, 2.24) is 5.32 Å². The summed E-state index contributed by atoms with van der Waals surface area (Å²) in [6.45, 7) is 0.0191. The Morgan fingerprint density at radius 1 is 1.28 bits per heavy atom. The van der Waals surface area contributed by atoms with E-state index in [0.717, 1.165) is 5.56 Å². The van der Waals surface area contributed by atoms with Crippen molar-refractivity contribution in [2.45, 2.75) is 12.5 Å². The molecule has 0 fully saturated rings. The number of nitrogens with one attached hydrogen (secondary N) is 1. The number of carbonyl (C=O) groups is 1. The van der Waals surface area contributed by atoms with Gasteiger partial charge < -0.3 is 14.8 Å². The van der Waals surface area contributed by atoms with Crippen LogP contribution in [0.4, 0.5) is 0 Å². The van der Waals surface area contributed by atoms with Crippen LogP contribution in [-0.2, 0) is 0 Å². The Bertz CT molecular complexity index is 479. The number of aliphatic hydroxyl groups excluding tert-OH is 1. The number of hydrogen-bond acceptors (Lipinski definition) is 3. The first-order valence-electron chi connectivity index (χ1n) is 5.80. The van der Waals surface area contributed by atoms with Gasteiger partial charge in [0.15, 0.2) is 0 Å². The molecular weight excluding hydrogens is 230 g/mol. The van der Waals surface area contributed by atoms with Gasteiger partial charge in [-0.15, -0.1) is 0 Å². The first-order valence-corrected chi connectivity index (χ1v) is 5.80. The molecule has 1 amide bonds. The van der Waals surface area contributed by atoms with E-state index in [-0.39, 0.29) is 18.6 Å². The summed E-state index contributed by atoms with van der Waals surface area (Å²) in [4.78, 5) is 11.9. The van der Waals surface area contributed by atoms with E-state index < -0.39 is 0 Å². The Hall–Kier alpha value is -2.07. The third kappa shape index (κ3) is 2.99. The molecule has 94 valence electrons. The van der Waals surface area contributed by atoms with Gasteiger partial charge in [0.1, 0.15) is 6.26 Å². The number of carbonyl (C=O) groups excluding carboxylic acids is 1. The zero-order valence-electron chi connectivity index (χ0n) is 9.87. The van der Waals surface area contributed by atoms with Gasteiger partial charge >= 0.3 is 0 Å². The highest BCUT2D eigenvalue weighted by Crippen LogP contribution is 2.16. The molecule has 1 atom stereocenters. The maximum absolute atomic E-state index is 11.9. The Balaban J connectivity index is 2.10. The second kappa shape index (κ2) is 6.02. The molecule has 2 aromatic rings. The Kier molecular flexibility index (Phi) is 4.15. The topological polar surface area (TPSA) is 62.5 Å². The lowest BCUT2D eigenvalue weighted by Gasteiger charge is -2.17. The smallest absolute Gasteiger partial charge is 0.255 e. The molecule has 0 saturated heterocycles. The predicted molar refractivity (Wildman–Crippen MR) is 67.1 cm³/mol. The van der Waals surface area contributed by atoms with Crippen LogP contribution in [0.15, 0.2) is 53.3 Å². The highest BCUT2D eigenvalue weighted by atomic mass is 16.3. The third-order valence-corrected chi connectivity index (χ3v) is 2.71. The molecule has 0 saturated carbocycles. The van der Waals surface area contributed by atoms with Crippen LogP contribution >= 0.6 is 0 Å². The highest BCUT2D eigenvalue weighted by Gasteiger charge is 2.15. The number of amides is 1. The predicted octanol–water partition coefficient (Wildman–Crippen LogP) is 2.13. The summed E-state index contributed by atoms with van der Waals surface area (Å²) in [5.74, 6) is -0.203. The number of aliphatic hydroxyl groups is 1. The van der Waals surface area contributed by atoms with Crippen molar-refractivity contribution < 1.29 is 14.3 Å². The van der Waals surface area contributed by atoms with Crippen LogP contribution in [0.5, 0.6) is 0 Å². The summed E-state index contributed by atoms with van der Waals surface area (Å²) in [6.07, 6.45) is 3.34. The Labute approximate surface area is 105 Å². The molecule has 0 aliphatic rings. The van der Waals surface area contributed by atoms with E-state index in [1.54, 1.807) is 6.07 Å². The number of benzene rings is 1. The van der Waals surface area contributed by atoms with Crippen molar-refractivity contribution in [3.8, 4) is 0 Å². The monoisotopic (exact) mass is 245 g/mol.